The first-order chi connectivity index (χ1) is 4.21. The predicted octanol–water partition coefficient (Wildman–Crippen LogP) is 0.932. The van der Waals surface area contributed by atoms with Crippen LogP contribution in [0.15, 0.2) is 0 Å². The van der Waals surface area contributed by atoms with E-state index in [1.807, 2.05) is 0 Å². The molecule has 1 fully saturated rings. The Morgan fingerprint density at radius 1 is 1.11 bits per heavy atom. The highest BCUT2D eigenvalue weighted by molar-refractivity contribution is 8.00. The third-order valence-corrected chi connectivity index (χ3v) is 2.64. The van der Waals surface area contributed by atoms with E-state index in [9.17, 15) is 0 Å². The molecule has 0 atom stereocenters. The van der Waals surface area contributed by atoms with Gasteiger partial charge < -0.3 is 10.2 Å². The average Bonchev–Trinajstić information content (AvgIpc) is 1.92. The van der Waals surface area contributed by atoms with Crippen molar-refractivity contribution in [3.05, 3.63) is 0 Å². The molecule has 0 amide bonds. The molecule has 1 rings (SSSR count). The van der Waals surface area contributed by atoms with E-state index in [0.29, 0.717) is 6.42 Å². The maximum Gasteiger partial charge on any atom is 0.213 e. The lowest BCUT2D eigenvalue weighted by molar-refractivity contribution is -0.0812. The van der Waals surface area contributed by atoms with E-state index < -0.39 is 5.12 Å². The zero-order valence-electron chi connectivity index (χ0n) is 5.34. The number of rotatable bonds is 0. The van der Waals surface area contributed by atoms with Gasteiger partial charge in [-0.05, 0) is 18.6 Å². The SMILES string of the molecule is OC1(O)CCCCCS1. The molecule has 1 aliphatic rings. The Labute approximate surface area is 59.3 Å². The minimum Gasteiger partial charge on any atom is -0.357 e. The van der Waals surface area contributed by atoms with Gasteiger partial charge in [-0.3, -0.25) is 0 Å². The summed E-state index contributed by atoms with van der Waals surface area (Å²) in [5, 5.41) is 16.7. The summed E-state index contributed by atoms with van der Waals surface area (Å²) in [6.45, 7) is 0. The number of thioether (sulfide) groups is 1. The lowest BCUT2D eigenvalue weighted by Gasteiger charge is -2.16. The van der Waals surface area contributed by atoms with Crippen molar-refractivity contribution in [3.8, 4) is 0 Å². The van der Waals surface area contributed by atoms with Crippen molar-refractivity contribution in [2.24, 2.45) is 0 Å². The average molecular weight is 148 g/mol. The molecule has 0 aromatic carbocycles. The fraction of sp³-hybridized carbons (Fsp3) is 1.00. The molecule has 0 bridgehead atoms. The zero-order valence-corrected chi connectivity index (χ0v) is 6.15. The van der Waals surface area contributed by atoms with E-state index in [0.717, 1.165) is 25.0 Å². The predicted molar refractivity (Wildman–Crippen MR) is 38.1 cm³/mol. The fourth-order valence-corrected chi connectivity index (χ4v) is 1.91. The Morgan fingerprint density at radius 2 is 1.89 bits per heavy atom. The number of aliphatic hydroxyl groups is 2. The van der Waals surface area contributed by atoms with E-state index in [-0.39, 0.29) is 0 Å². The molecule has 1 heterocycles. The Balaban J connectivity index is 2.36. The van der Waals surface area contributed by atoms with Crippen LogP contribution in [0.5, 0.6) is 0 Å². The second kappa shape index (κ2) is 2.90. The van der Waals surface area contributed by atoms with Crippen LogP contribution in [0, 0.1) is 0 Å². The summed E-state index contributed by atoms with van der Waals surface area (Å²) >= 11 is 1.25. The Morgan fingerprint density at radius 3 is 2.67 bits per heavy atom. The monoisotopic (exact) mass is 148 g/mol. The summed E-state index contributed by atoms with van der Waals surface area (Å²) in [6.07, 6.45) is 3.72. The van der Waals surface area contributed by atoms with E-state index >= 15 is 0 Å². The van der Waals surface area contributed by atoms with Crippen molar-refractivity contribution < 1.29 is 10.2 Å². The van der Waals surface area contributed by atoms with Crippen LogP contribution in [0.4, 0.5) is 0 Å². The Kier molecular flexibility index (Phi) is 2.38. The van der Waals surface area contributed by atoms with Crippen molar-refractivity contribution in [2.75, 3.05) is 5.75 Å². The maximum absolute atomic E-state index is 9.07. The molecule has 0 radical (unpaired) electrons. The molecule has 9 heavy (non-hydrogen) atoms. The molecule has 0 aromatic heterocycles. The van der Waals surface area contributed by atoms with Gasteiger partial charge in [-0.1, -0.05) is 18.2 Å². The lowest BCUT2D eigenvalue weighted by Crippen LogP contribution is -2.21. The van der Waals surface area contributed by atoms with Crippen molar-refractivity contribution in [3.63, 3.8) is 0 Å². The molecule has 0 spiro atoms. The van der Waals surface area contributed by atoms with Crippen molar-refractivity contribution in [2.45, 2.75) is 30.8 Å². The topological polar surface area (TPSA) is 40.5 Å². The molecule has 54 valence electrons. The van der Waals surface area contributed by atoms with Crippen molar-refractivity contribution in [1.29, 1.82) is 0 Å². The highest BCUT2D eigenvalue weighted by Crippen LogP contribution is 2.29. The minimum absolute atomic E-state index is 0.525. The van der Waals surface area contributed by atoms with Crippen LogP contribution in [-0.4, -0.2) is 21.1 Å². The summed E-state index contributed by atoms with van der Waals surface area (Å²) < 4.78 is 0. The largest absolute Gasteiger partial charge is 0.357 e. The maximum atomic E-state index is 9.07. The molecule has 2 N–H and O–H groups in total. The standard InChI is InChI=1S/C6H12O2S/c7-6(8)4-2-1-3-5-9-6/h7-8H,1-5H2. The van der Waals surface area contributed by atoms with Crippen molar-refractivity contribution >= 4 is 11.8 Å². The van der Waals surface area contributed by atoms with Gasteiger partial charge in [-0.25, -0.2) is 0 Å². The molecular formula is C6H12O2S. The molecule has 3 heteroatoms. The summed E-state index contributed by atoms with van der Waals surface area (Å²) in [5.74, 6) is 0.882. The third kappa shape index (κ3) is 2.56. The molecule has 2 nitrogen and oxygen atoms in total. The van der Waals surface area contributed by atoms with Gasteiger partial charge in [-0.15, -0.1) is 0 Å². The van der Waals surface area contributed by atoms with Gasteiger partial charge >= 0.3 is 0 Å². The Hall–Kier alpha value is 0.270. The van der Waals surface area contributed by atoms with E-state index in [4.69, 9.17) is 10.2 Å². The van der Waals surface area contributed by atoms with E-state index in [2.05, 4.69) is 0 Å². The first kappa shape index (κ1) is 7.38. The summed E-state index contributed by atoms with van der Waals surface area (Å²) in [4.78, 5) is 0. The Bertz CT molecular complexity index is 83.1. The molecule has 1 aliphatic heterocycles. The van der Waals surface area contributed by atoms with E-state index in [1.165, 1.54) is 11.8 Å². The summed E-state index contributed by atoms with van der Waals surface area (Å²) in [6, 6.07) is 0. The molecule has 1 saturated heterocycles. The second-order valence-electron chi connectivity index (χ2n) is 2.40. The first-order valence-electron chi connectivity index (χ1n) is 3.29. The highest BCUT2D eigenvalue weighted by atomic mass is 32.2. The quantitative estimate of drug-likeness (QED) is 0.502. The van der Waals surface area contributed by atoms with Crippen LogP contribution >= 0.6 is 11.8 Å². The highest BCUT2D eigenvalue weighted by Gasteiger charge is 2.24. The lowest BCUT2D eigenvalue weighted by atomic mass is 10.2. The van der Waals surface area contributed by atoms with Crippen LogP contribution in [0.1, 0.15) is 25.7 Å². The fourth-order valence-electron chi connectivity index (χ4n) is 0.942. The van der Waals surface area contributed by atoms with Gasteiger partial charge in [0.2, 0.25) is 5.12 Å². The summed E-state index contributed by atoms with van der Waals surface area (Å²) in [5.41, 5.74) is 0. The third-order valence-electron chi connectivity index (χ3n) is 1.48. The molecule has 0 saturated carbocycles. The normalized spacial score (nSPS) is 27.3. The van der Waals surface area contributed by atoms with Gasteiger partial charge in [0.15, 0.2) is 0 Å². The smallest absolute Gasteiger partial charge is 0.213 e. The van der Waals surface area contributed by atoms with Gasteiger partial charge in [0.1, 0.15) is 0 Å². The minimum atomic E-state index is -1.42. The molecule has 0 aliphatic carbocycles. The van der Waals surface area contributed by atoms with Gasteiger partial charge in [0.05, 0.1) is 0 Å². The second-order valence-corrected chi connectivity index (χ2v) is 3.75. The van der Waals surface area contributed by atoms with E-state index in [1.54, 1.807) is 0 Å². The zero-order chi connectivity index (χ0) is 6.74. The molecular weight excluding hydrogens is 136 g/mol. The van der Waals surface area contributed by atoms with Crippen LogP contribution < -0.4 is 0 Å². The van der Waals surface area contributed by atoms with Gasteiger partial charge in [-0.2, -0.15) is 0 Å². The summed E-state index contributed by atoms with van der Waals surface area (Å²) in [7, 11) is 0. The van der Waals surface area contributed by atoms with Crippen molar-refractivity contribution in [1.82, 2.24) is 0 Å². The van der Waals surface area contributed by atoms with Crippen LogP contribution in [-0.2, 0) is 0 Å². The van der Waals surface area contributed by atoms with Crippen LogP contribution in [0.3, 0.4) is 0 Å². The molecule has 0 unspecified atom stereocenters. The number of hydrogen-bond acceptors (Lipinski definition) is 3. The van der Waals surface area contributed by atoms with Gasteiger partial charge in [0, 0.05) is 6.42 Å². The van der Waals surface area contributed by atoms with Crippen LogP contribution in [0.25, 0.3) is 0 Å². The number of hydrogen-bond donors (Lipinski definition) is 2. The van der Waals surface area contributed by atoms with Crippen LogP contribution in [0.2, 0.25) is 0 Å². The van der Waals surface area contributed by atoms with Gasteiger partial charge in [0.25, 0.3) is 0 Å². The molecule has 0 aromatic rings. The first-order valence-corrected chi connectivity index (χ1v) is 4.28.